The predicted molar refractivity (Wildman–Crippen MR) is 69.7 cm³/mol. The fourth-order valence-electron chi connectivity index (χ4n) is 1.67. The van der Waals surface area contributed by atoms with Gasteiger partial charge in [0.25, 0.3) is 0 Å². The Morgan fingerprint density at radius 3 is 2.65 bits per heavy atom. The average Bonchev–Trinajstić information content (AvgIpc) is 2.28. The molecular formula is C14H13ClO2. The molecule has 0 aromatic heterocycles. The summed E-state index contributed by atoms with van der Waals surface area (Å²) in [5.74, 6) is 0.971. The van der Waals surface area contributed by atoms with Crippen LogP contribution in [0.4, 0.5) is 0 Å². The quantitative estimate of drug-likeness (QED) is 0.886. The van der Waals surface area contributed by atoms with Gasteiger partial charge in [-0.05, 0) is 48.4 Å². The summed E-state index contributed by atoms with van der Waals surface area (Å²) in [5.41, 5.74) is 1.84. The summed E-state index contributed by atoms with van der Waals surface area (Å²) < 4.78 is 5.43. The topological polar surface area (TPSA) is 29.5 Å². The first-order valence-corrected chi connectivity index (χ1v) is 5.79. The lowest BCUT2D eigenvalue weighted by atomic mass is 10.1. The van der Waals surface area contributed by atoms with E-state index in [1.807, 2.05) is 37.3 Å². The van der Waals surface area contributed by atoms with Gasteiger partial charge in [-0.1, -0.05) is 23.7 Å². The summed E-state index contributed by atoms with van der Waals surface area (Å²) in [6.07, 6.45) is 0. The molecule has 0 saturated heterocycles. The summed E-state index contributed by atoms with van der Waals surface area (Å²) in [4.78, 5) is 0. The van der Waals surface area contributed by atoms with Crippen LogP contribution in [-0.2, 0) is 0 Å². The molecule has 88 valence electrons. The Labute approximate surface area is 105 Å². The summed E-state index contributed by atoms with van der Waals surface area (Å²) in [6, 6.07) is 12.7. The van der Waals surface area contributed by atoms with Crippen LogP contribution < -0.4 is 4.74 Å². The number of hydrogen-bond acceptors (Lipinski definition) is 2. The van der Waals surface area contributed by atoms with Gasteiger partial charge in [-0.2, -0.15) is 0 Å². The maximum atomic E-state index is 9.51. The van der Waals surface area contributed by atoms with Gasteiger partial charge in [-0.3, -0.25) is 0 Å². The van der Waals surface area contributed by atoms with Crippen molar-refractivity contribution < 1.29 is 9.84 Å². The molecule has 0 aliphatic rings. The third-order valence-corrected chi connectivity index (χ3v) is 2.58. The minimum absolute atomic E-state index is 0.161. The van der Waals surface area contributed by atoms with Crippen LogP contribution in [0.15, 0.2) is 42.5 Å². The van der Waals surface area contributed by atoms with E-state index in [0.29, 0.717) is 11.6 Å². The Morgan fingerprint density at radius 2 is 1.94 bits per heavy atom. The molecule has 2 nitrogen and oxygen atoms in total. The SMILES string of the molecule is CCOc1cccc(-c2cc(O)cc(Cl)c2)c1. The van der Waals surface area contributed by atoms with Gasteiger partial charge in [0, 0.05) is 5.02 Å². The number of benzene rings is 2. The lowest BCUT2D eigenvalue weighted by molar-refractivity contribution is 0.340. The zero-order valence-electron chi connectivity index (χ0n) is 9.48. The first-order chi connectivity index (χ1) is 8.19. The van der Waals surface area contributed by atoms with Crippen LogP contribution in [0.2, 0.25) is 5.02 Å². The van der Waals surface area contributed by atoms with Gasteiger partial charge in [0.05, 0.1) is 6.61 Å². The molecular weight excluding hydrogens is 236 g/mol. The van der Waals surface area contributed by atoms with Crippen molar-refractivity contribution in [1.29, 1.82) is 0 Å². The Morgan fingerprint density at radius 1 is 1.12 bits per heavy atom. The predicted octanol–water partition coefficient (Wildman–Crippen LogP) is 4.11. The van der Waals surface area contributed by atoms with Crippen LogP contribution in [0.5, 0.6) is 11.5 Å². The smallest absolute Gasteiger partial charge is 0.119 e. The highest BCUT2D eigenvalue weighted by molar-refractivity contribution is 6.31. The first kappa shape index (κ1) is 11.8. The molecule has 0 bridgehead atoms. The zero-order valence-corrected chi connectivity index (χ0v) is 10.2. The van der Waals surface area contributed by atoms with Crippen LogP contribution in [0, 0.1) is 0 Å². The third-order valence-electron chi connectivity index (χ3n) is 2.36. The molecule has 0 radical (unpaired) electrons. The molecule has 2 aromatic carbocycles. The van der Waals surface area contributed by atoms with Gasteiger partial charge >= 0.3 is 0 Å². The van der Waals surface area contributed by atoms with E-state index in [2.05, 4.69) is 0 Å². The van der Waals surface area contributed by atoms with Crippen molar-refractivity contribution >= 4 is 11.6 Å². The van der Waals surface area contributed by atoms with Gasteiger partial charge < -0.3 is 9.84 Å². The minimum Gasteiger partial charge on any atom is -0.508 e. The lowest BCUT2D eigenvalue weighted by Gasteiger charge is -2.07. The molecule has 0 aliphatic carbocycles. The second kappa shape index (κ2) is 5.11. The summed E-state index contributed by atoms with van der Waals surface area (Å²) in [6.45, 7) is 2.57. The number of phenolic OH excluding ortho intramolecular Hbond substituents is 1. The molecule has 0 unspecified atom stereocenters. The van der Waals surface area contributed by atoms with Gasteiger partial charge in [-0.15, -0.1) is 0 Å². The van der Waals surface area contributed by atoms with Crippen LogP contribution in [0.25, 0.3) is 11.1 Å². The molecule has 0 aliphatic heterocycles. The highest BCUT2D eigenvalue weighted by Crippen LogP contribution is 2.29. The summed E-state index contributed by atoms with van der Waals surface area (Å²) in [5, 5.41) is 10.0. The largest absolute Gasteiger partial charge is 0.508 e. The summed E-state index contributed by atoms with van der Waals surface area (Å²) in [7, 11) is 0. The van der Waals surface area contributed by atoms with Crippen LogP contribution in [0.1, 0.15) is 6.92 Å². The van der Waals surface area contributed by atoms with Crippen molar-refractivity contribution in [2.75, 3.05) is 6.61 Å². The van der Waals surface area contributed by atoms with E-state index in [-0.39, 0.29) is 5.75 Å². The number of hydrogen-bond donors (Lipinski definition) is 1. The fraction of sp³-hybridized carbons (Fsp3) is 0.143. The number of rotatable bonds is 3. The maximum Gasteiger partial charge on any atom is 0.119 e. The van der Waals surface area contributed by atoms with Gasteiger partial charge in [-0.25, -0.2) is 0 Å². The van der Waals surface area contributed by atoms with E-state index in [9.17, 15) is 5.11 Å². The average molecular weight is 249 g/mol. The Hall–Kier alpha value is -1.67. The van der Waals surface area contributed by atoms with Crippen LogP contribution in [-0.4, -0.2) is 11.7 Å². The van der Waals surface area contributed by atoms with Gasteiger partial charge in [0.15, 0.2) is 0 Å². The highest BCUT2D eigenvalue weighted by Gasteiger charge is 2.03. The molecule has 0 heterocycles. The van der Waals surface area contributed by atoms with E-state index in [1.54, 1.807) is 6.07 Å². The zero-order chi connectivity index (χ0) is 12.3. The van der Waals surface area contributed by atoms with E-state index in [1.165, 1.54) is 6.07 Å². The molecule has 2 rings (SSSR count). The van der Waals surface area contributed by atoms with Gasteiger partial charge in [0.2, 0.25) is 0 Å². The van der Waals surface area contributed by atoms with Crippen molar-refractivity contribution in [2.24, 2.45) is 0 Å². The first-order valence-electron chi connectivity index (χ1n) is 5.42. The Kier molecular flexibility index (Phi) is 3.55. The normalized spacial score (nSPS) is 10.2. The molecule has 0 saturated carbocycles. The minimum atomic E-state index is 0.161. The molecule has 2 aromatic rings. The third kappa shape index (κ3) is 2.92. The fourth-order valence-corrected chi connectivity index (χ4v) is 1.90. The number of ether oxygens (including phenoxy) is 1. The van der Waals surface area contributed by atoms with Crippen molar-refractivity contribution in [3.8, 4) is 22.6 Å². The summed E-state index contributed by atoms with van der Waals surface area (Å²) >= 11 is 5.91. The van der Waals surface area contributed by atoms with E-state index in [4.69, 9.17) is 16.3 Å². The molecule has 0 fully saturated rings. The van der Waals surface area contributed by atoms with Crippen LogP contribution in [0.3, 0.4) is 0 Å². The molecule has 0 atom stereocenters. The number of phenols is 1. The van der Waals surface area contributed by atoms with Crippen molar-refractivity contribution in [2.45, 2.75) is 6.92 Å². The van der Waals surface area contributed by atoms with Crippen molar-refractivity contribution in [1.82, 2.24) is 0 Å². The molecule has 0 spiro atoms. The van der Waals surface area contributed by atoms with E-state index >= 15 is 0 Å². The highest BCUT2D eigenvalue weighted by atomic mass is 35.5. The van der Waals surface area contributed by atoms with Crippen LogP contribution >= 0.6 is 11.6 Å². The number of halogens is 1. The Bertz CT molecular complexity index is 503. The molecule has 17 heavy (non-hydrogen) atoms. The Balaban J connectivity index is 2.41. The van der Waals surface area contributed by atoms with E-state index < -0.39 is 0 Å². The van der Waals surface area contributed by atoms with Crippen molar-refractivity contribution in [3.05, 3.63) is 47.5 Å². The second-order valence-electron chi connectivity index (χ2n) is 3.66. The lowest BCUT2D eigenvalue weighted by Crippen LogP contribution is -1.91. The standard InChI is InChI=1S/C14H13ClO2/c1-2-17-14-5-3-4-10(8-14)11-6-12(15)9-13(16)7-11/h3-9,16H,2H2,1H3. The molecule has 0 amide bonds. The second-order valence-corrected chi connectivity index (χ2v) is 4.10. The van der Waals surface area contributed by atoms with Crippen molar-refractivity contribution in [3.63, 3.8) is 0 Å². The molecule has 3 heteroatoms. The molecule has 1 N–H and O–H groups in total. The van der Waals surface area contributed by atoms with E-state index in [0.717, 1.165) is 16.9 Å². The monoisotopic (exact) mass is 248 g/mol. The number of aromatic hydroxyl groups is 1. The maximum absolute atomic E-state index is 9.51. The van der Waals surface area contributed by atoms with Gasteiger partial charge in [0.1, 0.15) is 11.5 Å².